The van der Waals surface area contributed by atoms with E-state index < -0.39 is 59.2 Å². The quantitative estimate of drug-likeness (QED) is 0.452. The van der Waals surface area contributed by atoms with Crippen LogP contribution in [0.1, 0.15) is 34.2 Å². The number of nitrogens with zero attached hydrogens (tertiary/aromatic N) is 2. The zero-order valence-electron chi connectivity index (χ0n) is 17.8. The van der Waals surface area contributed by atoms with E-state index in [4.69, 9.17) is 5.73 Å². The molecule has 0 aliphatic rings. The zero-order valence-corrected chi connectivity index (χ0v) is 17.8. The number of aromatic nitrogens is 2. The summed E-state index contributed by atoms with van der Waals surface area (Å²) in [5.41, 5.74) is 3.83. The number of carbonyl (C=O) groups excluding carboxylic acids is 2. The number of hydrogen-bond donors (Lipinski definition) is 3. The molecular formula is C22H20F5N5O2. The van der Waals surface area contributed by atoms with Crippen molar-refractivity contribution in [2.75, 3.05) is 0 Å². The molecule has 2 amide bonds. The first-order valence-electron chi connectivity index (χ1n) is 9.98. The van der Waals surface area contributed by atoms with Crippen molar-refractivity contribution in [2.45, 2.75) is 32.2 Å². The van der Waals surface area contributed by atoms with Crippen molar-refractivity contribution in [2.24, 2.45) is 5.73 Å². The van der Waals surface area contributed by atoms with E-state index in [0.717, 1.165) is 22.9 Å². The molecule has 1 aromatic heterocycles. The van der Waals surface area contributed by atoms with Crippen molar-refractivity contribution >= 4 is 11.8 Å². The third-order valence-corrected chi connectivity index (χ3v) is 4.76. The van der Waals surface area contributed by atoms with Gasteiger partial charge in [-0.05, 0) is 36.8 Å². The molecule has 2 aromatic carbocycles. The summed E-state index contributed by atoms with van der Waals surface area (Å²) in [6.45, 7) is 0.940. The maximum absolute atomic E-state index is 13.8. The fraction of sp³-hybridized carbons (Fsp3) is 0.227. The number of nitrogens with two attached hydrogens (primary N) is 1. The molecule has 12 heteroatoms. The van der Waals surface area contributed by atoms with Crippen LogP contribution in [0.2, 0.25) is 0 Å². The highest BCUT2D eigenvalue weighted by Crippen LogP contribution is 2.30. The van der Waals surface area contributed by atoms with Crippen LogP contribution in [0.15, 0.2) is 48.5 Å². The second-order valence-electron chi connectivity index (χ2n) is 7.38. The Kier molecular flexibility index (Phi) is 7.30. The number of hydrogen-bond acceptors (Lipinski definition) is 4. The lowest BCUT2D eigenvalue weighted by Gasteiger charge is -2.12. The normalized spacial score (nSPS) is 12.3. The largest absolute Gasteiger partial charge is 0.435 e. The van der Waals surface area contributed by atoms with E-state index in [2.05, 4.69) is 15.7 Å². The van der Waals surface area contributed by atoms with Crippen molar-refractivity contribution in [3.63, 3.8) is 0 Å². The molecule has 7 nitrogen and oxygen atoms in total. The molecule has 4 N–H and O–H groups in total. The first-order chi connectivity index (χ1) is 16.0. The maximum Gasteiger partial charge on any atom is 0.435 e. The van der Waals surface area contributed by atoms with Crippen LogP contribution in [0.3, 0.4) is 0 Å². The lowest BCUT2D eigenvalue weighted by atomic mass is 10.2. The van der Waals surface area contributed by atoms with Crippen molar-refractivity contribution in [1.29, 1.82) is 0 Å². The molecule has 0 bridgehead atoms. The van der Waals surface area contributed by atoms with Gasteiger partial charge in [-0.2, -0.15) is 18.3 Å². The summed E-state index contributed by atoms with van der Waals surface area (Å²) in [6, 6.07) is 8.88. The second kappa shape index (κ2) is 10.00. The van der Waals surface area contributed by atoms with Crippen LogP contribution in [0.4, 0.5) is 22.0 Å². The molecule has 0 aliphatic heterocycles. The molecule has 180 valence electrons. The van der Waals surface area contributed by atoms with Crippen LogP contribution < -0.4 is 16.4 Å². The molecule has 1 heterocycles. The summed E-state index contributed by atoms with van der Waals surface area (Å²) in [5.74, 6) is -3.27. The van der Waals surface area contributed by atoms with Gasteiger partial charge in [0.1, 0.15) is 17.3 Å². The summed E-state index contributed by atoms with van der Waals surface area (Å²) in [6.07, 6.45) is -4.85. The van der Waals surface area contributed by atoms with Gasteiger partial charge in [-0.15, -0.1) is 0 Å². The number of rotatable bonds is 7. The van der Waals surface area contributed by atoms with E-state index in [9.17, 15) is 31.5 Å². The van der Waals surface area contributed by atoms with E-state index in [1.54, 1.807) is 6.07 Å². The Balaban J connectivity index is 1.91. The fourth-order valence-corrected chi connectivity index (χ4v) is 2.99. The highest BCUT2D eigenvalue weighted by Gasteiger charge is 2.36. The molecule has 3 rings (SSSR count). The van der Waals surface area contributed by atoms with Crippen LogP contribution >= 0.6 is 0 Å². The minimum atomic E-state index is -4.85. The molecule has 0 unspecified atom stereocenters. The molecule has 0 fully saturated rings. The minimum absolute atomic E-state index is 0.0374. The summed E-state index contributed by atoms with van der Waals surface area (Å²) in [5, 5.41) is 8.29. The maximum atomic E-state index is 13.8. The molecule has 1 atom stereocenters. The average molecular weight is 481 g/mol. The zero-order chi connectivity index (χ0) is 25.0. The van der Waals surface area contributed by atoms with Gasteiger partial charge in [-0.3, -0.25) is 9.59 Å². The first-order valence-corrected chi connectivity index (χ1v) is 9.98. The number of alkyl halides is 3. The van der Waals surface area contributed by atoms with E-state index in [1.807, 2.05) is 0 Å². The van der Waals surface area contributed by atoms with Crippen molar-refractivity contribution in [1.82, 2.24) is 20.4 Å². The number of nitrogens with one attached hydrogen (secondary N) is 2. The standard InChI is InChI=1S/C22H20F5N5O2/c1-12(28)20(33)29-10-13-4-2-5-14(8-13)32-18(9-19(31-32)22(25,26)27)21(34)30-11-15-16(23)6-3-7-17(15)24/h2-9,12H,10-11,28H2,1H3,(H,29,33)(H,30,34)/t12-/m0/s1. The highest BCUT2D eigenvalue weighted by molar-refractivity contribution is 5.93. The molecule has 34 heavy (non-hydrogen) atoms. The summed E-state index contributed by atoms with van der Waals surface area (Å²) in [4.78, 5) is 24.4. The topological polar surface area (TPSA) is 102 Å². The van der Waals surface area contributed by atoms with Gasteiger partial charge in [-0.25, -0.2) is 13.5 Å². The van der Waals surface area contributed by atoms with Crippen molar-refractivity contribution in [3.8, 4) is 5.69 Å². The molecule has 0 saturated carbocycles. The Morgan fingerprint density at radius 2 is 1.68 bits per heavy atom. The van der Waals surface area contributed by atoms with Gasteiger partial charge in [-0.1, -0.05) is 18.2 Å². The predicted molar refractivity (Wildman–Crippen MR) is 112 cm³/mol. The molecule has 0 aliphatic carbocycles. The van der Waals surface area contributed by atoms with Gasteiger partial charge in [0, 0.05) is 24.7 Å². The van der Waals surface area contributed by atoms with Gasteiger partial charge >= 0.3 is 6.18 Å². The summed E-state index contributed by atoms with van der Waals surface area (Å²) < 4.78 is 68.4. The number of carbonyl (C=O) groups is 2. The third kappa shape index (κ3) is 5.76. The van der Waals surface area contributed by atoms with Gasteiger partial charge in [0.2, 0.25) is 5.91 Å². The van der Waals surface area contributed by atoms with Gasteiger partial charge in [0.05, 0.1) is 11.7 Å². The molecule has 0 spiro atoms. The van der Waals surface area contributed by atoms with Gasteiger partial charge < -0.3 is 16.4 Å². The van der Waals surface area contributed by atoms with Crippen molar-refractivity contribution in [3.05, 3.63) is 82.7 Å². The summed E-state index contributed by atoms with van der Waals surface area (Å²) >= 11 is 0. The van der Waals surface area contributed by atoms with Crippen LogP contribution in [0.5, 0.6) is 0 Å². The van der Waals surface area contributed by atoms with Crippen LogP contribution in [0.25, 0.3) is 5.69 Å². The lowest BCUT2D eigenvalue weighted by molar-refractivity contribution is -0.141. The molecular weight excluding hydrogens is 461 g/mol. The van der Waals surface area contributed by atoms with E-state index in [1.165, 1.54) is 25.1 Å². The van der Waals surface area contributed by atoms with E-state index in [0.29, 0.717) is 11.6 Å². The van der Waals surface area contributed by atoms with Crippen LogP contribution in [-0.4, -0.2) is 27.6 Å². The summed E-state index contributed by atoms with van der Waals surface area (Å²) in [7, 11) is 0. The number of amides is 2. The van der Waals surface area contributed by atoms with Gasteiger partial charge in [0.25, 0.3) is 5.91 Å². The number of benzene rings is 2. The first kappa shape index (κ1) is 24.8. The smallest absolute Gasteiger partial charge is 0.351 e. The Morgan fingerprint density at radius 1 is 1.03 bits per heavy atom. The molecule has 3 aromatic rings. The lowest BCUT2D eigenvalue weighted by Crippen LogP contribution is -2.37. The Hall–Kier alpha value is -3.80. The Bertz CT molecular complexity index is 1190. The minimum Gasteiger partial charge on any atom is -0.351 e. The molecule has 0 radical (unpaired) electrons. The fourth-order valence-electron chi connectivity index (χ4n) is 2.99. The predicted octanol–water partition coefficient (Wildman–Crippen LogP) is 3.06. The van der Waals surface area contributed by atoms with E-state index >= 15 is 0 Å². The third-order valence-electron chi connectivity index (χ3n) is 4.76. The Labute approximate surface area is 190 Å². The monoisotopic (exact) mass is 481 g/mol. The van der Waals surface area contributed by atoms with Crippen LogP contribution in [0, 0.1) is 11.6 Å². The van der Waals surface area contributed by atoms with Crippen LogP contribution in [-0.2, 0) is 24.1 Å². The molecule has 0 saturated heterocycles. The SMILES string of the molecule is C[C@H](N)C(=O)NCc1cccc(-n2nc(C(F)(F)F)cc2C(=O)NCc2c(F)cccc2F)c1. The van der Waals surface area contributed by atoms with Crippen molar-refractivity contribution < 1.29 is 31.5 Å². The average Bonchev–Trinajstić information content (AvgIpc) is 3.23. The van der Waals surface area contributed by atoms with E-state index in [-0.39, 0.29) is 12.2 Å². The van der Waals surface area contributed by atoms with Gasteiger partial charge in [0.15, 0.2) is 5.69 Å². The second-order valence-corrected chi connectivity index (χ2v) is 7.38. The Morgan fingerprint density at radius 3 is 2.29 bits per heavy atom. The number of halogens is 5. The highest BCUT2D eigenvalue weighted by atomic mass is 19.4.